The summed E-state index contributed by atoms with van der Waals surface area (Å²) < 4.78 is 3.15. The minimum atomic E-state index is -0.101. The van der Waals surface area contributed by atoms with Gasteiger partial charge in [0.2, 0.25) is 0 Å². The molecule has 18 heavy (non-hydrogen) atoms. The van der Waals surface area contributed by atoms with Crippen LogP contribution in [-0.2, 0) is 11.4 Å². The van der Waals surface area contributed by atoms with Crippen LogP contribution in [0.25, 0.3) is 5.52 Å². The van der Waals surface area contributed by atoms with Crippen LogP contribution in [0.3, 0.4) is 0 Å². The second-order valence-corrected chi connectivity index (χ2v) is 4.36. The highest BCUT2D eigenvalue weighted by Gasteiger charge is 2.21. The lowest BCUT2D eigenvalue weighted by molar-refractivity contribution is 0.0685. The number of rotatable bonds is 3. The molecule has 1 aliphatic rings. The summed E-state index contributed by atoms with van der Waals surface area (Å²) >= 11 is 0. The molecule has 2 aromatic heterocycles. The monoisotopic (exact) mass is 246 g/mol. The third-order valence-electron chi connectivity index (χ3n) is 3.13. The molecule has 1 aliphatic heterocycles. The molecule has 0 bridgehead atoms. The Morgan fingerprint density at radius 1 is 1.56 bits per heavy atom. The highest BCUT2D eigenvalue weighted by molar-refractivity contribution is 5.85. The summed E-state index contributed by atoms with van der Waals surface area (Å²) in [6.07, 6.45) is 5.02. The van der Waals surface area contributed by atoms with Gasteiger partial charge in [-0.1, -0.05) is 12.1 Å². The van der Waals surface area contributed by atoms with Crippen molar-refractivity contribution in [3.63, 3.8) is 0 Å². The van der Waals surface area contributed by atoms with Crippen molar-refractivity contribution in [1.82, 2.24) is 14.2 Å². The van der Waals surface area contributed by atoms with E-state index in [0.29, 0.717) is 12.1 Å². The van der Waals surface area contributed by atoms with Gasteiger partial charge >= 0.3 is 0 Å². The van der Waals surface area contributed by atoms with Crippen molar-refractivity contribution in [3.8, 4) is 0 Å². The number of fused-ring (bicyclic) bond motifs is 1. The van der Waals surface area contributed by atoms with Gasteiger partial charge in [-0.2, -0.15) is 5.10 Å². The fraction of sp³-hybridized carbons (Fsp3) is 0.417. The van der Waals surface area contributed by atoms with Crippen molar-refractivity contribution in [2.45, 2.75) is 32.4 Å². The Morgan fingerprint density at radius 3 is 3.22 bits per heavy atom. The number of hydrogen-bond donors (Lipinski definition) is 0. The van der Waals surface area contributed by atoms with E-state index < -0.39 is 0 Å². The molecule has 6 heteroatoms. The standard InChI is InChI=1S/C12H14N4O2/c1-2-9-6-10(18-14-9)7-16-12(17)11-4-3-5-15(11)8-13-16/h3-5,8,10H,2,6-7H2,1H3/t10-/m1/s1. The van der Waals surface area contributed by atoms with Gasteiger partial charge in [0, 0.05) is 12.6 Å². The predicted molar refractivity (Wildman–Crippen MR) is 66.7 cm³/mol. The molecule has 0 amide bonds. The number of nitrogens with zero attached hydrogens (tertiary/aromatic N) is 4. The summed E-state index contributed by atoms with van der Waals surface area (Å²) in [7, 11) is 0. The first-order valence-corrected chi connectivity index (χ1v) is 6.02. The topological polar surface area (TPSA) is 60.9 Å². The third-order valence-corrected chi connectivity index (χ3v) is 3.13. The van der Waals surface area contributed by atoms with Gasteiger partial charge in [-0.15, -0.1) is 0 Å². The van der Waals surface area contributed by atoms with E-state index in [1.54, 1.807) is 23.0 Å². The quantitative estimate of drug-likeness (QED) is 0.813. The van der Waals surface area contributed by atoms with E-state index in [9.17, 15) is 4.79 Å². The SMILES string of the molecule is CCC1=NO[C@@H](Cn2ncn3cccc3c2=O)C1. The molecular weight excluding hydrogens is 232 g/mol. The lowest BCUT2D eigenvalue weighted by atomic mass is 10.1. The zero-order valence-corrected chi connectivity index (χ0v) is 10.1. The van der Waals surface area contributed by atoms with Gasteiger partial charge in [0.25, 0.3) is 5.56 Å². The second kappa shape index (κ2) is 4.29. The molecule has 0 aliphatic carbocycles. The molecular formula is C12H14N4O2. The lowest BCUT2D eigenvalue weighted by Gasteiger charge is -2.09. The Morgan fingerprint density at radius 2 is 2.44 bits per heavy atom. The molecule has 2 aromatic rings. The van der Waals surface area contributed by atoms with Crippen LogP contribution >= 0.6 is 0 Å². The Hall–Kier alpha value is -2.11. The molecule has 0 radical (unpaired) electrons. The van der Waals surface area contributed by atoms with Gasteiger partial charge < -0.3 is 9.24 Å². The second-order valence-electron chi connectivity index (χ2n) is 4.36. The van der Waals surface area contributed by atoms with Gasteiger partial charge in [0.05, 0.1) is 12.3 Å². The molecule has 94 valence electrons. The summed E-state index contributed by atoms with van der Waals surface area (Å²) in [4.78, 5) is 17.4. The van der Waals surface area contributed by atoms with Crippen LogP contribution in [0.15, 0.2) is 34.6 Å². The van der Waals surface area contributed by atoms with Gasteiger partial charge in [-0.25, -0.2) is 4.68 Å². The molecule has 6 nitrogen and oxygen atoms in total. The van der Waals surface area contributed by atoms with Crippen molar-refractivity contribution < 1.29 is 4.84 Å². The first kappa shape index (κ1) is 11.0. The van der Waals surface area contributed by atoms with Gasteiger partial charge in [-0.05, 0) is 18.6 Å². The summed E-state index contributed by atoms with van der Waals surface area (Å²) in [5.41, 5.74) is 1.56. The lowest BCUT2D eigenvalue weighted by Crippen LogP contribution is -2.29. The minimum absolute atomic E-state index is 0.0810. The maximum absolute atomic E-state index is 12.1. The number of aromatic nitrogens is 3. The summed E-state index contributed by atoms with van der Waals surface area (Å²) in [5.74, 6) is 0. The van der Waals surface area contributed by atoms with Crippen LogP contribution in [0, 0.1) is 0 Å². The Bertz CT molecular complexity index is 655. The van der Waals surface area contributed by atoms with Gasteiger partial charge in [0.15, 0.2) is 6.10 Å². The first-order chi connectivity index (χ1) is 8.78. The van der Waals surface area contributed by atoms with E-state index in [0.717, 1.165) is 18.6 Å². The van der Waals surface area contributed by atoms with E-state index in [4.69, 9.17) is 4.84 Å². The van der Waals surface area contributed by atoms with E-state index in [1.807, 2.05) is 13.0 Å². The normalized spacial score (nSPS) is 18.9. The molecule has 0 aromatic carbocycles. The minimum Gasteiger partial charge on any atom is -0.390 e. The average Bonchev–Trinajstić information content (AvgIpc) is 3.01. The summed E-state index contributed by atoms with van der Waals surface area (Å²) in [6, 6.07) is 3.61. The maximum atomic E-state index is 12.1. The maximum Gasteiger partial charge on any atom is 0.291 e. The van der Waals surface area contributed by atoms with Gasteiger partial charge in [0.1, 0.15) is 11.8 Å². The van der Waals surface area contributed by atoms with Crippen molar-refractivity contribution in [2.75, 3.05) is 0 Å². The van der Waals surface area contributed by atoms with E-state index in [2.05, 4.69) is 10.3 Å². The molecule has 0 spiro atoms. The molecule has 3 heterocycles. The third kappa shape index (κ3) is 1.79. The molecule has 0 N–H and O–H groups in total. The van der Waals surface area contributed by atoms with Crippen molar-refractivity contribution in [3.05, 3.63) is 35.0 Å². The van der Waals surface area contributed by atoms with Crippen molar-refractivity contribution in [1.29, 1.82) is 0 Å². The fourth-order valence-corrected chi connectivity index (χ4v) is 2.09. The van der Waals surface area contributed by atoms with E-state index >= 15 is 0 Å². The molecule has 0 fully saturated rings. The van der Waals surface area contributed by atoms with Crippen LogP contribution < -0.4 is 5.56 Å². The average molecular weight is 246 g/mol. The smallest absolute Gasteiger partial charge is 0.291 e. The Kier molecular flexibility index (Phi) is 2.62. The van der Waals surface area contributed by atoms with E-state index in [1.165, 1.54) is 4.68 Å². The van der Waals surface area contributed by atoms with Crippen molar-refractivity contribution >= 4 is 11.2 Å². The van der Waals surface area contributed by atoms with Crippen LogP contribution in [0.1, 0.15) is 19.8 Å². The molecule has 0 saturated carbocycles. The number of oxime groups is 1. The van der Waals surface area contributed by atoms with Crippen LogP contribution in [0.2, 0.25) is 0 Å². The van der Waals surface area contributed by atoms with Crippen molar-refractivity contribution in [2.24, 2.45) is 5.16 Å². The first-order valence-electron chi connectivity index (χ1n) is 6.02. The van der Waals surface area contributed by atoms with Crippen LogP contribution in [0.5, 0.6) is 0 Å². The summed E-state index contributed by atoms with van der Waals surface area (Å²) in [6.45, 7) is 2.48. The van der Waals surface area contributed by atoms with Gasteiger partial charge in [-0.3, -0.25) is 4.79 Å². The van der Waals surface area contributed by atoms with Crippen LogP contribution in [0.4, 0.5) is 0 Å². The molecule has 0 saturated heterocycles. The fourth-order valence-electron chi connectivity index (χ4n) is 2.09. The largest absolute Gasteiger partial charge is 0.390 e. The zero-order chi connectivity index (χ0) is 12.5. The predicted octanol–water partition coefficient (Wildman–Crippen LogP) is 1.05. The highest BCUT2D eigenvalue weighted by atomic mass is 16.6. The number of hydrogen-bond acceptors (Lipinski definition) is 4. The Balaban J connectivity index is 1.83. The van der Waals surface area contributed by atoms with Crippen LogP contribution in [-0.4, -0.2) is 26.0 Å². The Labute approximate surface area is 103 Å². The molecule has 0 unspecified atom stereocenters. The highest BCUT2D eigenvalue weighted by Crippen LogP contribution is 2.13. The molecule has 1 atom stereocenters. The summed E-state index contributed by atoms with van der Waals surface area (Å²) in [5, 5.41) is 8.11. The molecule has 3 rings (SSSR count). The van der Waals surface area contributed by atoms with E-state index in [-0.39, 0.29) is 11.7 Å². The zero-order valence-electron chi connectivity index (χ0n) is 10.1.